The van der Waals surface area contributed by atoms with Crippen LogP contribution in [0.1, 0.15) is 26.2 Å². The molecule has 2 atom stereocenters. The Labute approximate surface area is 89.1 Å². The topological polar surface area (TPSA) is 80.9 Å². The molecule has 0 aliphatic rings. The Kier molecular flexibility index (Phi) is 4.69. The highest BCUT2D eigenvalue weighted by Crippen LogP contribution is 2.41. The lowest BCUT2D eigenvalue weighted by atomic mass is 9.99. The van der Waals surface area contributed by atoms with E-state index in [9.17, 15) is 17.6 Å². The van der Waals surface area contributed by atoms with Gasteiger partial charge in [-0.3, -0.25) is 0 Å². The number of hydrogen-bond donors (Lipinski definition) is 4. The van der Waals surface area contributed by atoms with Crippen molar-refractivity contribution in [2.24, 2.45) is 0 Å². The molecule has 4 N–H and O–H groups in total. The summed E-state index contributed by atoms with van der Waals surface area (Å²) >= 11 is 0. The second-order valence-corrected chi connectivity index (χ2v) is 3.49. The van der Waals surface area contributed by atoms with Gasteiger partial charge >= 0.3 is 17.8 Å². The monoisotopic (exact) mass is 250 g/mol. The van der Waals surface area contributed by atoms with Gasteiger partial charge in [-0.25, -0.2) is 4.39 Å². The minimum Gasteiger partial charge on any atom is -0.351 e. The highest BCUT2D eigenvalue weighted by molar-refractivity contribution is 4.94. The first-order valence-corrected chi connectivity index (χ1v) is 4.58. The Bertz CT molecular complexity index is 227. The van der Waals surface area contributed by atoms with E-state index in [2.05, 4.69) is 0 Å². The average molecular weight is 250 g/mol. The summed E-state index contributed by atoms with van der Waals surface area (Å²) in [6.45, 7) is 1.57. The summed E-state index contributed by atoms with van der Waals surface area (Å²) in [6.07, 6.45) is -3.59. The number of hydrogen-bond acceptors (Lipinski definition) is 4. The summed E-state index contributed by atoms with van der Waals surface area (Å²) in [5, 5.41) is 33.0. The first kappa shape index (κ1) is 15.6. The average Bonchev–Trinajstić information content (AvgIpc) is 2.11. The third-order valence-electron chi connectivity index (χ3n) is 2.09. The summed E-state index contributed by atoms with van der Waals surface area (Å²) in [6, 6.07) is 0. The standard InChI is InChI=1S/C8H14F4O4/c1-2-3-4-5(9)6(10,11)7(12,13)8(14,15)16/h5,13-16H,2-4H2,1H3. The Balaban J connectivity index is 4.89. The molecule has 0 heterocycles. The zero-order valence-electron chi connectivity index (χ0n) is 8.50. The highest BCUT2D eigenvalue weighted by atomic mass is 19.3. The van der Waals surface area contributed by atoms with Gasteiger partial charge < -0.3 is 20.4 Å². The Morgan fingerprint density at radius 3 is 1.81 bits per heavy atom. The molecule has 0 aliphatic carbocycles. The van der Waals surface area contributed by atoms with Crippen molar-refractivity contribution in [1.29, 1.82) is 0 Å². The van der Waals surface area contributed by atoms with E-state index in [1.54, 1.807) is 6.92 Å². The maximum atomic E-state index is 12.9. The van der Waals surface area contributed by atoms with Crippen LogP contribution in [0, 0.1) is 0 Å². The Morgan fingerprint density at radius 2 is 1.50 bits per heavy atom. The second kappa shape index (κ2) is 4.82. The summed E-state index contributed by atoms with van der Waals surface area (Å²) in [5.74, 6) is -15.1. The molecule has 0 saturated heterocycles. The van der Waals surface area contributed by atoms with Crippen LogP contribution in [0.2, 0.25) is 0 Å². The van der Waals surface area contributed by atoms with E-state index in [1.165, 1.54) is 0 Å². The molecule has 0 fully saturated rings. The molecule has 0 rings (SSSR count). The quantitative estimate of drug-likeness (QED) is 0.407. The molecular formula is C8H14F4O4. The van der Waals surface area contributed by atoms with Crippen LogP contribution >= 0.6 is 0 Å². The Morgan fingerprint density at radius 1 is 1.06 bits per heavy atom. The van der Waals surface area contributed by atoms with Crippen molar-refractivity contribution in [2.75, 3.05) is 0 Å². The van der Waals surface area contributed by atoms with Gasteiger partial charge in [0.05, 0.1) is 0 Å². The lowest BCUT2D eigenvalue weighted by molar-refractivity contribution is -0.471. The first-order valence-electron chi connectivity index (χ1n) is 4.58. The summed E-state index contributed by atoms with van der Waals surface area (Å²) in [7, 11) is 0. The van der Waals surface area contributed by atoms with Crippen LogP contribution < -0.4 is 0 Å². The summed E-state index contributed by atoms with van der Waals surface area (Å²) in [5.41, 5.74) is 0. The zero-order chi connectivity index (χ0) is 13.2. The third kappa shape index (κ3) is 2.82. The van der Waals surface area contributed by atoms with Crippen molar-refractivity contribution in [3.05, 3.63) is 0 Å². The van der Waals surface area contributed by atoms with Gasteiger partial charge in [-0.2, -0.15) is 13.2 Å². The number of alkyl halides is 4. The van der Waals surface area contributed by atoms with Gasteiger partial charge in [-0.05, 0) is 6.42 Å². The van der Waals surface area contributed by atoms with Crippen LogP contribution in [0.5, 0.6) is 0 Å². The van der Waals surface area contributed by atoms with Crippen molar-refractivity contribution >= 4 is 0 Å². The molecule has 0 aromatic rings. The van der Waals surface area contributed by atoms with Gasteiger partial charge in [0.15, 0.2) is 6.17 Å². The van der Waals surface area contributed by atoms with E-state index in [1.807, 2.05) is 0 Å². The van der Waals surface area contributed by atoms with E-state index < -0.39 is 30.3 Å². The molecule has 98 valence electrons. The van der Waals surface area contributed by atoms with Gasteiger partial charge in [-0.1, -0.05) is 19.8 Å². The molecule has 0 spiro atoms. The summed E-state index contributed by atoms with van der Waals surface area (Å²) < 4.78 is 51.6. The second-order valence-electron chi connectivity index (χ2n) is 3.49. The molecule has 0 aliphatic heterocycles. The van der Waals surface area contributed by atoms with Crippen LogP contribution in [0.15, 0.2) is 0 Å². The predicted molar refractivity (Wildman–Crippen MR) is 44.8 cm³/mol. The minimum absolute atomic E-state index is 0.0118. The number of rotatable bonds is 6. The van der Waals surface area contributed by atoms with Gasteiger partial charge in [0.25, 0.3) is 0 Å². The van der Waals surface area contributed by atoms with Crippen LogP contribution in [0.25, 0.3) is 0 Å². The SMILES string of the molecule is CCCCC(F)C(F)(F)C(O)(F)C(O)(O)O. The maximum absolute atomic E-state index is 12.9. The highest BCUT2D eigenvalue weighted by Gasteiger charge is 2.70. The molecule has 2 unspecified atom stereocenters. The van der Waals surface area contributed by atoms with E-state index in [0.29, 0.717) is 6.42 Å². The van der Waals surface area contributed by atoms with Crippen LogP contribution in [-0.2, 0) is 0 Å². The maximum Gasteiger partial charge on any atom is 0.355 e. The molecule has 0 aromatic heterocycles. The van der Waals surface area contributed by atoms with Gasteiger partial charge in [0, 0.05) is 0 Å². The molecule has 0 amide bonds. The molecular weight excluding hydrogens is 236 g/mol. The van der Waals surface area contributed by atoms with Crippen LogP contribution in [0.4, 0.5) is 17.6 Å². The van der Waals surface area contributed by atoms with Gasteiger partial charge in [-0.15, -0.1) is 0 Å². The van der Waals surface area contributed by atoms with E-state index in [0.717, 1.165) is 0 Å². The first-order chi connectivity index (χ1) is 6.98. The third-order valence-corrected chi connectivity index (χ3v) is 2.09. The zero-order valence-corrected chi connectivity index (χ0v) is 8.50. The van der Waals surface area contributed by atoms with Crippen molar-refractivity contribution in [2.45, 2.75) is 50.1 Å². The van der Waals surface area contributed by atoms with Crippen molar-refractivity contribution in [3.8, 4) is 0 Å². The van der Waals surface area contributed by atoms with Crippen LogP contribution in [-0.4, -0.2) is 44.3 Å². The van der Waals surface area contributed by atoms with Crippen LogP contribution in [0.3, 0.4) is 0 Å². The molecule has 16 heavy (non-hydrogen) atoms. The van der Waals surface area contributed by atoms with Gasteiger partial charge in [0.1, 0.15) is 0 Å². The molecule has 0 saturated carbocycles. The van der Waals surface area contributed by atoms with E-state index in [4.69, 9.17) is 20.4 Å². The lowest BCUT2D eigenvalue weighted by Gasteiger charge is -2.35. The number of aliphatic hydroxyl groups is 4. The molecule has 0 bridgehead atoms. The predicted octanol–water partition coefficient (Wildman–Crippen LogP) is 0.439. The fraction of sp³-hybridized carbons (Fsp3) is 1.00. The molecule has 4 nitrogen and oxygen atoms in total. The molecule has 0 radical (unpaired) electrons. The molecule has 8 heteroatoms. The summed E-state index contributed by atoms with van der Waals surface area (Å²) in [4.78, 5) is 0. The van der Waals surface area contributed by atoms with Crippen molar-refractivity contribution in [1.82, 2.24) is 0 Å². The van der Waals surface area contributed by atoms with E-state index in [-0.39, 0.29) is 6.42 Å². The normalized spacial score (nSPS) is 19.3. The van der Waals surface area contributed by atoms with Crippen molar-refractivity contribution < 1.29 is 38.0 Å². The minimum atomic E-state index is -5.19. The lowest BCUT2D eigenvalue weighted by Crippen LogP contribution is -2.64. The molecule has 0 aromatic carbocycles. The van der Waals surface area contributed by atoms with E-state index >= 15 is 0 Å². The number of unbranched alkanes of at least 4 members (excludes halogenated alkanes) is 1. The van der Waals surface area contributed by atoms with Gasteiger partial charge in [0.2, 0.25) is 0 Å². The van der Waals surface area contributed by atoms with Crippen molar-refractivity contribution in [3.63, 3.8) is 0 Å². The number of halogens is 4. The Hall–Kier alpha value is -0.440. The largest absolute Gasteiger partial charge is 0.355 e. The fourth-order valence-corrected chi connectivity index (χ4v) is 0.996. The smallest absolute Gasteiger partial charge is 0.351 e. The fourth-order valence-electron chi connectivity index (χ4n) is 0.996.